The number of fused-ring (bicyclic) bond motifs is 1. The molecule has 1 atom stereocenters. The number of rotatable bonds is 2. The molecule has 0 aliphatic carbocycles. The molecule has 0 saturated carbocycles. The molecule has 3 rings (SSSR count). The van der Waals surface area contributed by atoms with Crippen molar-refractivity contribution in [3.63, 3.8) is 0 Å². The Kier molecular flexibility index (Phi) is 2.77. The lowest BCUT2D eigenvalue weighted by molar-refractivity contribution is 0.572. The fourth-order valence-electron chi connectivity index (χ4n) is 2.09. The highest BCUT2D eigenvalue weighted by Crippen LogP contribution is 2.26. The third-order valence-corrected chi connectivity index (χ3v) is 4.47. The predicted molar refractivity (Wildman–Crippen MR) is 67.1 cm³/mol. The highest BCUT2D eigenvalue weighted by atomic mass is 35.5. The van der Waals surface area contributed by atoms with Crippen LogP contribution in [0.2, 0.25) is 5.15 Å². The molecule has 5 heteroatoms. The monoisotopic (exact) mass is 253 g/mol. The maximum Gasteiger partial charge on any atom is 0.161 e. The normalized spacial score (nSPS) is 20.7. The summed E-state index contributed by atoms with van der Waals surface area (Å²) in [5.74, 6) is 4.23. The molecule has 84 valence electrons. The summed E-state index contributed by atoms with van der Waals surface area (Å²) in [7, 11) is 0. The van der Waals surface area contributed by atoms with E-state index in [0.29, 0.717) is 5.15 Å². The fourth-order valence-corrected chi connectivity index (χ4v) is 3.64. The van der Waals surface area contributed by atoms with E-state index in [2.05, 4.69) is 10.2 Å². The number of hydrogen-bond acceptors (Lipinski definition) is 3. The largest absolute Gasteiger partial charge is 0.269 e. The molecule has 1 unspecified atom stereocenters. The molecule has 2 aromatic rings. The Morgan fingerprint density at radius 2 is 2.38 bits per heavy atom. The maximum atomic E-state index is 6.17. The van der Waals surface area contributed by atoms with Gasteiger partial charge < -0.3 is 0 Å². The minimum atomic E-state index is 0.697. The van der Waals surface area contributed by atoms with Crippen LogP contribution in [0.4, 0.5) is 0 Å². The second-order valence-corrected chi connectivity index (χ2v) is 5.63. The third-order valence-electron chi connectivity index (χ3n) is 2.94. The summed E-state index contributed by atoms with van der Waals surface area (Å²) in [5, 5.41) is 9.08. The zero-order chi connectivity index (χ0) is 11.0. The van der Waals surface area contributed by atoms with Gasteiger partial charge in [-0.2, -0.15) is 11.8 Å². The first-order valence-electron chi connectivity index (χ1n) is 5.41. The van der Waals surface area contributed by atoms with E-state index in [-0.39, 0.29) is 0 Å². The summed E-state index contributed by atoms with van der Waals surface area (Å²) < 4.78 is 1.95. The van der Waals surface area contributed by atoms with Gasteiger partial charge in [-0.3, -0.25) is 4.40 Å². The molecule has 0 amide bonds. The first kappa shape index (κ1) is 10.4. The molecule has 0 aromatic carbocycles. The van der Waals surface area contributed by atoms with Gasteiger partial charge in [-0.15, -0.1) is 10.2 Å². The summed E-state index contributed by atoms with van der Waals surface area (Å²) in [4.78, 5) is 0. The van der Waals surface area contributed by atoms with Crippen molar-refractivity contribution in [1.29, 1.82) is 0 Å². The van der Waals surface area contributed by atoms with Gasteiger partial charge in [0.25, 0.3) is 0 Å². The first-order valence-corrected chi connectivity index (χ1v) is 6.94. The van der Waals surface area contributed by atoms with E-state index in [9.17, 15) is 0 Å². The standard InChI is InChI=1S/C11H12ClN3S/c12-9-2-1-3-10-13-14-11(15(9)10)6-8-4-5-16-7-8/h1-3,8H,4-7H2. The summed E-state index contributed by atoms with van der Waals surface area (Å²) in [5.41, 5.74) is 0.841. The minimum Gasteiger partial charge on any atom is -0.269 e. The van der Waals surface area contributed by atoms with E-state index in [0.717, 1.165) is 23.8 Å². The van der Waals surface area contributed by atoms with Crippen LogP contribution in [0.5, 0.6) is 0 Å². The molecule has 16 heavy (non-hydrogen) atoms. The molecule has 0 radical (unpaired) electrons. The Balaban J connectivity index is 1.97. The van der Waals surface area contributed by atoms with Crippen LogP contribution >= 0.6 is 23.4 Å². The maximum absolute atomic E-state index is 6.17. The van der Waals surface area contributed by atoms with Gasteiger partial charge in [0.05, 0.1) is 0 Å². The summed E-state index contributed by atoms with van der Waals surface area (Å²) in [6.07, 6.45) is 2.27. The Hall–Kier alpha value is -0.740. The molecule has 1 fully saturated rings. The number of pyridine rings is 1. The van der Waals surface area contributed by atoms with Crippen LogP contribution < -0.4 is 0 Å². The molecular formula is C11H12ClN3S. The Labute approximate surface area is 103 Å². The van der Waals surface area contributed by atoms with Crippen LogP contribution in [-0.2, 0) is 6.42 Å². The van der Waals surface area contributed by atoms with Crippen molar-refractivity contribution < 1.29 is 0 Å². The Morgan fingerprint density at radius 1 is 1.44 bits per heavy atom. The number of nitrogens with zero attached hydrogens (tertiary/aromatic N) is 3. The molecule has 2 aromatic heterocycles. The molecule has 3 heterocycles. The number of hydrogen-bond donors (Lipinski definition) is 0. The Bertz CT molecular complexity index is 505. The smallest absolute Gasteiger partial charge is 0.161 e. The lowest BCUT2D eigenvalue weighted by Crippen LogP contribution is -2.06. The van der Waals surface area contributed by atoms with Crippen LogP contribution in [0.1, 0.15) is 12.2 Å². The highest BCUT2D eigenvalue weighted by molar-refractivity contribution is 7.99. The number of halogens is 1. The first-order chi connectivity index (χ1) is 7.84. The van der Waals surface area contributed by atoms with Crippen LogP contribution in [-0.4, -0.2) is 26.1 Å². The zero-order valence-electron chi connectivity index (χ0n) is 8.77. The van der Waals surface area contributed by atoms with Gasteiger partial charge >= 0.3 is 0 Å². The van der Waals surface area contributed by atoms with Crippen LogP contribution in [0, 0.1) is 5.92 Å². The highest BCUT2D eigenvalue weighted by Gasteiger charge is 2.19. The second-order valence-electron chi connectivity index (χ2n) is 4.09. The quantitative estimate of drug-likeness (QED) is 0.771. The zero-order valence-corrected chi connectivity index (χ0v) is 10.3. The van der Waals surface area contributed by atoms with Crippen LogP contribution in [0.3, 0.4) is 0 Å². The lowest BCUT2D eigenvalue weighted by atomic mass is 10.1. The predicted octanol–water partition coefficient (Wildman–Crippen LogP) is 2.68. The average molecular weight is 254 g/mol. The van der Waals surface area contributed by atoms with Gasteiger partial charge in [0.1, 0.15) is 11.0 Å². The van der Waals surface area contributed by atoms with Crippen molar-refractivity contribution in [2.24, 2.45) is 5.92 Å². The third kappa shape index (κ3) is 1.80. The van der Waals surface area contributed by atoms with E-state index < -0.39 is 0 Å². The van der Waals surface area contributed by atoms with Gasteiger partial charge in [-0.05, 0) is 36.0 Å². The van der Waals surface area contributed by atoms with Crippen molar-refractivity contribution in [3.8, 4) is 0 Å². The van der Waals surface area contributed by atoms with Crippen molar-refractivity contribution >= 4 is 29.0 Å². The molecular weight excluding hydrogens is 242 g/mol. The molecule has 0 N–H and O–H groups in total. The molecule has 3 nitrogen and oxygen atoms in total. The van der Waals surface area contributed by atoms with Gasteiger partial charge in [0.15, 0.2) is 5.65 Å². The molecule has 1 aliphatic heterocycles. The van der Waals surface area contributed by atoms with E-state index in [4.69, 9.17) is 11.6 Å². The van der Waals surface area contributed by atoms with Crippen LogP contribution in [0.15, 0.2) is 18.2 Å². The average Bonchev–Trinajstić information content (AvgIpc) is 2.90. The van der Waals surface area contributed by atoms with Crippen molar-refractivity contribution in [3.05, 3.63) is 29.2 Å². The van der Waals surface area contributed by atoms with E-state index >= 15 is 0 Å². The van der Waals surface area contributed by atoms with E-state index in [1.807, 2.05) is 34.4 Å². The fraction of sp³-hybridized carbons (Fsp3) is 0.455. The SMILES string of the molecule is Clc1cccc2nnc(CC3CCSC3)n12. The topological polar surface area (TPSA) is 30.2 Å². The van der Waals surface area contributed by atoms with Gasteiger partial charge in [-0.1, -0.05) is 17.7 Å². The molecule has 0 bridgehead atoms. The minimum absolute atomic E-state index is 0.697. The molecule has 1 saturated heterocycles. The van der Waals surface area contributed by atoms with Gasteiger partial charge in [0.2, 0.25) is 0 Å². The molecule has 1 aliphatic rings. The Morgan fingerprint density at radius 3 is 3.19 bits per heavy atom. The van der Waals surface area contributed by atoms with Gasteiger partial charge in [-0.25, -0.2) is 0 Å². The number of aromatic nitrogens is 3. The van der Waals surface area contributed by atoms with Crippen molar-refractivity contribution in [2.45, 2.75) is 12.8 Å². The van der Waals surface area contributed by atoms with E-state index in [1.165, 1.54) is 17.9 Å². The van der Waals surface area contributed by atoms with Crippen molar-refractivity contribution in [2.75, 3.05) is 11.5 Å². The lowest BCUT2D eigenvalue weighted by Gasteiger charge is -2.06. The summed E-state index contributed by atoms with van der Waals surface area (Å²) in [6, 6.07) is 5.72. The van der Waals surface area contributed by atoms with Crippen LogP contribution in [0.25, 0.3) is 5.65 Å². The van der Waals surface area contributed by atoms with Crippen molar-refractivity contribution in [1.82, 2.24) is 14.6 Å². The summed E-state index contributed by atoms with van der Waals surface area (Å²) >= 11 is 8.19. The molecule has 0 spiro atoms. The summed E-state index contributed by atoms with van der Waals surface area (Å²) in [6.45, 7) is 0. The number of thioether (sulfide) groups is 1. The van der Waals surface area contributed by atoms with E-state index in [1.54, 1.807) is 0 Å². The van der Waals surface area contributed by atoms with Gasteiger partial charge in [0, 0.05) is 6.42 Å². The second kappa shape index (κ2) is 4.26.